The summed E-state index contributed by atoms with van der Waals surface area (Å²) in [6, 6.07) is 2.01. The Morgan fingerprint density at radius 2 is 2.25 bits per heavy atom. The molecular formula is C12H21N3O. The van der Waals surface area contributed by atoms with Gasteiger partial charge in [-0.3, -0.25) is 4.79 Å². The van der Waals surface area contributed by atoms with Crippen LogP contribution >= 0.6 is 0 Å². The van der Waals surface area contributed by atoms with Gasteiger partial charge in [0, 0.05) is 12.6 Å². The van der Waals surface area contributed by atoms with Crippen molar-refractivity contribution in [3.05, 3.63) is 0 Å². The predicted molar refractivity (Wildman–Crippen MR) is 62.4 cm³/mol. The molecule has 1 rings (SSSR count). The molecule has 1 fully saturated rings. The molecule has 0 aromatic carbocycles. The molecule has 2 N–H and O–H groups in total. The van der Waals surface area contributed by atoms with E-state index in [-0.39, 0.29) is 11.8 Å². The summed E-state index contributed by atoms with van der Waals surface area (Å²) in [4.78, 5) is 13.9. The predicted octanol–water partition coefficient (Wildman–Crippen LogP) is 1.26. The quantitative estimate of drug-likeness (QED) is 0.737. The molecule has 0 saturated heterocycles. The minimum absolute atomic E-state index is 0.0205. The van der Waals surface area contributed by atoms with Crippen LogP contribution in [0.5, 0.6) is 0 Å². The molecule has 4 heteroatoms. The lowest BCUT2D eigenvalue weighted by Gasteiger charge is -2.27. The zero-order chi connectivity index (χ0) is 12.1. The SMILES string of the molecule is CC[C@H](C)[C@H](N)C(=O)N(CCC#N)C1CC1. The molecule has 4 nitrogen and oxygen atoms in total. The average molecular weight is 223 g/mol. The minimum atomic E-state index is -0.413. The maximum Gasteiger partial charge on any atom is 0.240 e. The van der Waals surface area contributed by atoms with E-state index in [1.165, 1.54) is 0 Å². The number of nitriles is 1. The number of carbonyl (C=O) groups excluding carboxylic acids is 1. The molecule has 16 heavy (non-hydrogen) atoms. The van der Waals surface area contributed by atoms with Crippen LogP contribution in [0, 0.1) is 17.2 Å². The molecule has 0 bridgehead atoms. The number of amides is 1. The highest BCUT2D eigenvalue weighted by molar-refractivity contribution is 5.82. The van der Waals surface area contributed by atoms with E-state index in [2.05, 4.69) is 6.07 Å². The molecule has 0 radical (unpaired) electrons. The first-order valence-corrected chi connectivity index (χ1v) is 6.04. The van der Waals surface area contributed by atoms with Crippen molar-refractivity contribution in [2.45, 2.75) is 51.6 Å². The third-order valence-corrected chi connectivity index (χ3v) is 3.28. The van der Waals surface area contributed by atoms with Crippen LogP contribution in [0.15, 0.2) is 0 Å². The lowest BCUT2D eigenvalue weighted by atomic mass is 9.99. The molecule has 1 saturated carbocycles. The zero-order valence-corrected chi connectivity index (χ0v) is 10.1. The molecule has 1 aliphatic rings. The number of nitrogens with two attached hydrogens (primary N) is 1. The van der Waals surface area contributed by atoms with Gasteiger partial charge in [0.1, 0.15) is 0 Å². The minimum Gasteiger partial charge on any atom is -0.337 e. The van der Waals surface area contributed by atoms with E-state index in [1.807, 2.05) is 13.8 Å². The first kappa shape index (κ1) is 13.0. The number of rotatable bonds is 6. The Morgan fingerprint density at radius 1 is 1.62 bits per heavy atom. The second kappa shape index (κ2) is 5.86. The van der Waals surface area contributed by atoms with Crippen molar-refractivity contribution in [1.82, 2.24) is 4.90 Å². The van der Waals surface area contributed by atoms with Gasteiger partial charge in [0.05, 0.1) is 18.5 Å². The smallest absolute Gasteiger partial charge is 0.240 e. The molecule has 0 aliphatic heterocycles. The molecule has 2 atom stereocenters. The summed E-state index contributed by atoms with van der Waals surface area (Å²) in [6.45, 7) is 4.57. The van der Waals surface area contributed by atoms with Crippen molar-refractivity contribution in [1.29, 1.82) is 5.26 Å². The molecular weight excluding hydrogens is 202 g/mol. The van der Waals surface area contributed by atoms with Crippen LogP contribution in [0.3, 0.4) is 0 Å². The Labute approximate surface area is 97.4 Å². The van der Waals surface area contributed by atoms with E-state index in [0.29, 0.717) is 19.0 Å². The van der Waals surface area contributed by atoms with E-state index in [0.717, 1.165) is 19.3 Å². The topological polar surface area (TPSA) is 70.1 Å². The molecule has 0 unspecified atom stereocenters. The Kier molecular flexibility index (Phi) is 4.75. The van der Waals surface area contributed by atoms with Crippen LogP contribution in [0.2, 0.25) is 0 Å². The first-order chi connectivity index (χ1) is 7.61. The highest BCUT2D eigenvalue weighted by Gasteiger charge is 2.35. The molecule has 0 spiro atoms. The normalized spacial score (nSPS) is 18.6. The molecule has 0 heterocycles. The molecule has 1 aliphatic carbocycles. The molecule has 90 valence electrons. The monoisotopic (exact) mass is 223 g/mol. The van der Waals surface area contributed by atoms with Crippen molar-refractivity contribution in [3.8, 4) is 6.07 Å². The lowest BCUT2D eigenvalue weighted by molar-refractivity contribution is -0.134. The van der Waals surface area contributed by atoms with Gasteiger partial charge in [-0.2, -0.15) is 5.26 Å². The summed E-state index contributed by atoms with van der Waals surface area (Å²) in [5, 5.41) is 8.57. The van der Waals surface area contributed by atoms with Gasteiger partial charge in [0.2, 0.25) is 5.91 Å². The number of nitrogens with zero attached hydrogens (tertiary/aromatic N) is 2. The van der Waals surface area contributed by atoms with Crippen molar-refractivity contribution < 1.29 is 4.79 Å². The molecule has 0 aromatic rings. The summed E-state index contributed by atoms with van der Waals surface area (Å²) in [6.07, 6.45) is 3.42. The van der Waals surface area contributed by atoms with Crippen LogP contribution in [0.25, 0.3) is 0 Å². The van der Waals surface area contributed by atoms with Gasteiger partial charge in [-0.15, -0.1) is 0 Å². The van der Waals surface area contributed by atoms with E-state index >= 15 is 0 Å². The Bertz CT molecular complexity index is 280. The highest BCUT2D eigenvalue weighted by atomic mass is 16.2. The van der Waals surface area contributed by atoms with E-state index in [9.17, 15) is 4.79 Å². The summed E-state index contributed by atoms with van der Waals surface area (Å²) in [5.41, 5.74) is 5.94. The summed E-state index contributed by atoms with van der Waals surface area (Å²) in [5.74, 6) is 0.225. The fraction of sp³-hybridized carbons (Fsp3) is 0.833. The van der Waals surface area contributed by atoms with E-state index in [1.54, 1.807) is 4.90 Å². The van der Waals surface area contributed by atoms with Crippen LogP contribution in [-0.4, -0.2) is 29.4 Å². The van der Waals surface area contributed by atoms with E-state index < -0.39 is 6.04 Å². The average Bonchev–Trinajstić information content (AvgIpc) is 3.11. The first-order valence-electron chi connectivity index (χ1n) is 6.04. The number of carbonyl (C=O) groups is 1. The van der Waals surface area contributed by atoms with Gasteiger partial charge in [0.15, 0.2) is 0 Å². The number of hydrogen-bond donors (Lipinski definition) is 1. The van der Waals surface area contributed by atoms with Crippen molar-refractivity contribution in [3.63, 3.8) is 0 Å². The standard InChI is InChI=1S/C12H21N3O/c1-3-9(2)11(14)12(16)15(8-4-7-13)10-5-6-10/h9-11H,3-6,8,14H2,1-2H3/t9-,11-/m0/s1. The van der Waals surface area contributed by atoms with Crippen molar-refractivity contribution >= 4 is 5.91 Å². The maximum atomic E-state index is 12.1. The lowest BCUT2D eigenvalue weighted by Crippen LogP contribution is -2.48. The van der Waals surface area contributed by atoms with Gasteiger partial charge in [-0.1, -0.05) is 20.3 Å². The second-order valence-electron chi connectivity index (χ2n) is 4.58. The highest BCUT2D eigenvalue weighted by Crippen LogP contribution is 2.28. The third-order valence-electron chi connectivity index (χ3n) is 3.28. The van der Waals surface area contributed by atoms with Gasteiger partial charge >= 0.3 is 0 Å². The van der Waals surface area contributed by atoms with Crippen LogP contribution < -0.4 is 5.73 Å². The molecule has 1 amide bonds. The summed E-state index contributed by atoms with van der Waals surface area (Å²) >= 11 is 0. The number of hydrogen-bond acceptors (Lipinski definition) is 3. The Hall–Kier alpha value is -1.08. The van der Waals surface area contributed by atoms with Crippen molar-refractivity contribution in [2.75, 3.05) is 6.54 Å². The Balaban J connectivity index is 2.56. The second-order valence-corrected chi connectivity index (χ2v) is 4.58. The van der Waals surface area contributed by atoms with Crippen molar-refractivity contribution in [2.24, 2.45) is 11.7 Å². The van der Waals surface area contributed by atoms with Gasteiger partial charge < -0.3 is 10.6 Å². The third kappa shape index (κ3) is 3.21. The summed E-state index contributed by atoms with van der Waals surface area (Å²) < 4.78 is 0. The zero-order valence-electron chi connectivity index (χ0n) is 10.1. The van der Waals surface area contributed by atoms with Crippen LogP contribution in [0.4, 0.5) is 0 Å². The Morgan fingerprint density at radius 3 is 2.69 bits per heavy atom. The fourth-order valence-electron chi connectivity index (χ4n) is 1.72. The van der Waals surface area contributed by atoms with Crippen LogP contribution in [-0.2, 0) is 4.79 Å². The molecule has 0 aromatic heterocycles. The van der Waals surface area contributed by atoms with Gasteiger partial charge in [-0.25, -0.2) is 0 Å². The fourth-order valence-corrected chi connectivity index (χ4v) is 1.72. The largest absolute Gasteiger partial charge is 0.337 e. The summed E-state index contributed by atoms with van der Waals surface area (Å²) in [7, 11) is 0. The van der Waals surface area contributed by atoms with Gasteiger partial charge in [0.25, 0.3) is 0 Å². The van der Waals surface area contributed by atoms with E-state index in [4.69, 9.17) is 11.0 Å². The van der Waals surface area contributed by atoms with Crippen LogP contribution in [0.1, 0.15) is 39.5 Å². The maximum absolute atomic E-state index is 12.1. The van der Waals surface area contributed by atoms with Gasteiger partial charge in [-0.05, 0) is 18.8 Å².